The van der Waals surface area contributed by atoms with Crippen LogP contribution >= 0.6 is 0 Å². The van der Waals surface area contributed by atoms with Crippen LogP contribution in [0.3, 0.4) is 0 Å². The van der Waals surface area contributed by atoms with E-state index in [0.29, 0.717) is 38.0 Å². The van der Waals surface area contributed by atoms with Crippen LogP contribution in [-0.4, -0.2) is 48.1 Å². The molecule has 2 aromatic carbocycles. The summed E-state index contributed by atoms with van der Waals surface area (Å²) < 4.78 is 41.7. The van der Waals surface area contributed by atoms with Gasteiger partial charge in [0.25, 0.3) is 0 Å². The lowest BCUT2D eigenvalue weighted by Crippen LogP contribution is -2.44. The summed E-state index contributed by atoms with van der Waals surface area (Å²) in [4.78, 5) is 19.9. The number of amides is 1. The molecule has 5 rings (SSSR count). The van der Waals surface area contributed by atoms with Crippen LogP contribution in [0, 0.1) is 18.7 Å². The molecule has 2 fully saturated rings. The zero-order valence-electron chi connectivity index (χ0n) is 19.2. The Labute approximate surface area is 199 Å². The number of para-hydroxylation sites is 1. The minimum Gasteiger partial charge on any atom is -0.335 e. The van der Waals surface area contributed by atoms with Crippen molar-refractivity contribution < 1.29 is 17.6 Å². The van der Waals surface area contributed by atoms with E-state index in [0.717, 1.165) is 29.4 Å². The van der Waals surface area contributed by atoms with E-state index in [-0.39, 0.29) is 28.6 Å². The third-order valence-corrected chi connectivity index (χ3v) is 8.95. The van der Waals surface area contributed by atoms with Crippen molar-refractivity contribution >= 4 is 26.8 Å². The van der Waals surface area contributed by atoms with Crippen LogP contribution in [0.25, 0.3) is 10.9 Å². The molecule has 0 N–H and O–H groups in total. The van der Waals surface area contributed by atoms with E-state index >= 15 is 0 Å². The highest BCUT2D eigenvalue weighted by molar-refractivity contribution is 7.89. The molecule has 0 saturated carbocycles. The number of benzene rings is 2. The van der Waals surface area contributed by atoms with Crippen molar-refractivity contribution in [1.82, 2.24) is 14.2 Å². The van der Waals surface area contributed by atoms with Crippen molar-refractivity contribution in [3.8, 4) is 0 Å². The predicted molar refractivity (Wildman–Crippen MR) is 128 cm³/mol. The second kappa shape index (κ2) is 9.07. The summed E-state index contributed by atoms with van der Waals surface area (Å²) >= 11 is 0. The number of rotatable bonds is 4. The predicted octanol–water partition coefficient (Wildman–Crippen LogP) is 4.45. The molecule has 6 nitrogen and oxygen atoms in total. The summed E-state index contributed by atoms with van der Waals surface area (Å²) in [6.07, 6.45) is 4.43. The number of piperidine rings is 1. The van der Waals surface area contributed by atoms with Crippen molar-refractivity contribution in [1.29, 1.82) is 0 Å². The molecule has 1 aromatic heterocycles. The molecular weight excluding hydrogens is 453 g/mol. The number of halogens is 1. The Kier molecular flexibility index (Phi) is 6.12. The second-order valence-electron chi connectivity index (χ2n) is 9.26. The van der Waals surface area contributed by atoms with Crippen LogP contribution in [-0.2, 0) is 14.8 Å². The Morgan fingerprint density at radius 2 is 1.76 bits per heavy atom. The summed E-state index contributed by atoms with van der Waals surface area (Å²) in [7, 11) is -3.72. The standard InChI is InChI=1S/C26H28FN3O3S/c1-18-16-21-4-2-6-24(25(21)28-17-18)34(32,33)29-14-11-20(12-15-29)26(31)30-13-3-5-23(30)19-7-9-22(27)10-8-19/h2,4,6-10,16-17,20,23H,3,5,11-15H2,1H3. The average Bonchev–Trinajstić information content (AvgIpc) is 3.33. The van der Waals surface area contributed by atoms with Crippen molar-refractivity contribution in [2.75, 3.05) is 19.6 Å². The van der Waals surface area contributed by atoms with Gasteiger partial charge in [-0.15, -0.1) is 0 Å². The molecule has 3 heterocycles. The van der Waals surface area contributed by atoms with Gasteiger partial charge in [0.15, 0.2) is 0 Å². The molecule has 0 radical (unpaired) electrons. The first kappa shape index (κ1) is 22.9. The minimum atomic E-state index is -3.72. The largest absolute Gasteiger partial charge is 0.335 e. The van der Waals surface area contributed by atoms with Gasteiger partial charge in [0.2, 0.25) is 15.9 Å². The first-order valence-electron chi connectivity index (χ1n) is 11.8. The number of sulfonamides is 1. The molecule has 3 aromatic rings. The van der Waals surface area contributed by atoms with Crippen molar-refractivity contribution in [3.63, 3.8) is 0 Å². The second-order valence-corrected chi connectivity index (χ2v) is 11.2. The highest BCUT2D eigenvalue weighted by atomic mass is 32.2. The fourth-order valence-corrected chi connectivity index (χ4v) is 6.86. The van der Waals surface area contributed by atoms with Gasteiger partial charge >= 0.3 is 0 Å². The van der Waals surface area contributed by atoms with Crippen LogP contribution in [0.5, 0.6) is 0 Å². The zero-order valence-corrected chi connectivity index (χ0v) is 20.0. The molecule has 1 atom stereocenters. The van der Waals surface area contributed by atoms with Gasteiger partial charge < -0.3 is 4.90 Å². The normalized spacial score (nSPS) is 20.2. The molecule has 2 aliphatic heterocycles. The van der Waals surface area contributed by atoms with Crippen LogP contribution in [0.4, 0.5) is 4.39 Å². The number of aryl methyl sites for hydroxylation is 1. The minimum absolute atomic E-state index is 0.0416. The number of hydrogen-bond donors (Lipinski definition) is 0. The molecule has 0 bridgehead atoms. The SMILES string of the molecule is Cc1cnc2c(S(=O)(=O)N3CCC(C(=O)N4CCCC4c4ccc(F)cc4)CC3)cccc2c1. The lowest BCUT2D eigenvalue weighted by Gasteiger charge is -2.34. The van der Waals surface area contributed by atoms with E-state index in [1.165, 1.54) is 16.4 Å². The maximum Gasteiger partial charge on any atom is 0.245 e. The molecule has 8 heteroatoms. The number of nitrogens with zero attached hydrogens (tertiary/aromatic N) is 3. The summed E-state index contributed by atoms with van der Waals surface area (Å²) in [5.41, 5.74) is 2.40. The van der Waals surface area contributed by atoms with Gasteiger partial charge in [-0.1, -0.05) is 24.3 Å². The van der Waals surface area contributed by atoms with E-state index in [9.17, 15) is 17.6 Å². The van der Waals surface area contributed by atoms with Crippen LogP contribution < -0.4 is 0 Å². The molecule has 0 spiro atoms. The van der Waals surface area contributed by atoms with Crippen LogP contribution in [0.15, 0.2) is 59.6 Å². The molecule has 2 aliphatic rings. The quantitative estimate of drug-likeness (QED) is 0.552. The van der Waals surface area contributed by atoms with Gasteiger partial charge in [-0.3, -0.25) is 9.78 Å². The van der Waals surface area contributed by atoms with Crippen molar-refractivity contribution in [2.45, 2.75) is 43.5 Å². The number of aromatic nitrogens is 1. The lowest BCUT2D eigenvalue weighted by atomic mass is 9.95. The van der Waals surface area contributed by atoms with Gasteiger partial charge in [0.05, 0.1) is 11.6 Å². The van der Waals surface area contributed by atoms with Gasteiger partial charge in [0, 0.05) is 37.1 Å². The van der Waals surface area contributed by atoms with E-state index in [2.05, 4.69) is 4.98 Å². The van der Waals surface area contributed by atoms with E-state index in [1.54, 1.807) is 30.5 Å². The Morgan fingerprint density at radius 3 is 2.50 bits per heavy atom. The zero-order chi connectivity index (χ0) is 23.9. The van der Waals surface area contributed by atoms with Crippen molar-refractivity contribution in [3.05, 3.63) is 71.7 Å². The number of carbonyl (C=O) groups is 1. The Balaban J connectivity index is 1.30. The number of pyridine rings is 1. The van der Waals surface area contributed by atoms with Crippen LogP contribution in [0.2, 0.25) is 0 Å². The molecule has 1 amide bonds. The average molecular weight is 482 g/mol. The number of hydrogen-bond acceptors (Lipinski definition) is 4. The molecule has 178 valence electrons. The fraction of sp³-hybridized carbons (Fsp3) is 0.385. The Morgan fingerprint density at radius 1 is 1.03 bits per heavy atom. The highest BCUT2D eigenvalue weighted by Gasteiger charge is 2.38. The Hall–Kier alpha value is -2.84. The maximum atomic E-state index is 13.4. The molecule has 0 aliphatic carbocycles. The maximum absolute atomic E-state index is 13.4. The molecular formula is C26H28FN3O3S. The summed E-state index contributed by atoms with van der Waals surface area (Å²) in [6, 6.07) is 13.5. The number of carbonyl (C=O) groups excluding carboxylic acids is 1. The Bertz CT molecular complexity index is 1320. The highest BCUT2D eigenvalue weighted by Crippen LogP contribution is 2.35. The smallest absolute Gasteiger partial charge is 0.245 e. The molecule has 34 heavy (non-hydrogen) atoms. The monoisotopic (exact) mass is 481 g/mol. The molecule has 2 saturated heterocycles. The number of fused-ring (bicyclic) bond motifs is 1. The summed E-state index contributed by atoms with van der Waals surface area (Å²) in [5.74, 6) is -0.420. The summed E-state index contributed by atoms with van der Waals surface area (Å²) in [6.45, 7) is 3.21. The van der Waals surface area contributed by atoms with E-state index < -0.39 is 10.0 Å². The van der Waals surface area contributed by atoms with Gasteiger partial charge in [-0.05, 0) is 68.0 Å². The van der Waals surface area contributed by atoms with Gasteiger partial charge in [0.1, 0.15) is 10.7 Å². The topological polar surface area (TPSA) is 70.6 Å². The van der Waals surface area contributed by atoms with E-state index in [4.69, 9.17) is 0 Å². The lowest BCUT2D eigenvalue weighted by molar-refractivity contribution is -0.137. The van der Waals surface area contributed by atoms with Crippen LogP contribution in [0.1, 0.15) is 42.9 Å². The first-order chi connectivity index (χ1) is 16.3. The number of likely N-dealkylation sites (tertiary alicyclic amines) is 1. The fourth-order valence-electron chi connectivity index (χ4n) is 5.23. The van der Waals surface area contributed by atoms with Gasteiger partial charge in [-0.2, -0.15) is 4.31 Å². The molecule has 1 unspecified atom stereocenters. The van der Waals surface area contributed by atoms with Crippen molar-refractivity contribution in [2.24, 2.45) is 5.92 Å². The summed E-state index contributed by atoms with van der Waals surface area (Å²) in [5, 5.41) is 0.798. The first-order valence-corrected chi connectivity index (χ1v) is 13.2. The van der Waals surface area contributed by atoms with Gasteiger partial charge in [-0.25, -0.2) is 12.8 Å². The van der Waals surface area contributed by atoms with E-state index in [1.807, 2.05) is 24.0 Å². The third kappa shape index (κ3) is 4.20. The third-order valence-electron chi connectivity index (χ3n) is 7.02.